The highest BCUT2D eigenvalue weighted by Gasteiger charge is 2.38. The van der Waals surface area contributed by atoms with E-state index in [9.17, 15) is 4.79 Å². The Morgan fingerprint density at radius 1 is 1.38 bits per heavy atom. The van der Waals surface area contributed by atoms with Crippen LogP contribution in [-0.4, -0.2) is 35.5 Å². The van der Waals surface area contributed by atoms with Gasteiger partial charge >= 0.3 is 0 Å². The monoisotopic (exact) mass is 182 g/mol. The van der Waals surface area contributed by atoms with Gasteiger partial charge in [-0.2, -0.15) is 0 Å². The van der Waals surface area contributed by atoms with Gasteiger partial charge in [0.05, 0.1) is 0 Å². The van der Waals surface area contributed by atoms with Crippen LogP contribution in [0.15, 0.2) is 0 Å². The average Bonchev–Trinajstić information content (AvgIpc) is 2.34. The SMILES string of the molecule is CC(C)N1[C@H]2CC[C@H]1CC(=O)NC2. The van der Waals surface area contributed by atoms with Crippen LogP contribution in [0.4, 0.5) is 0 Å². The molecular weight excluding hydrogens is 164 g/mol. The van der Waals surface area contributed by atoms with Gasteiger partial charge in [-0.15, -0.1) is 0 Å². The van der Waals surface area contributed by atoms with Gasteiger partial charge in [-0.25, -0.2) is 0 Å². The number of fused-ring (bicyclic) bond motifs is 2. The predicted octanol–water partition coefficient (Wildman–Crippen LogP) is 0.748. The lowest BCUT2D eigenvalue weighted by molar-refractivity contribution is -0.121. The van der Waals surface area contributed by atoms with Crippen LogP contribution in [0.3, 0.4) is 0 Å². The summed E-state index contributed by atoms with van der Waals surface area (Å²) in [6.45, 7) is 5.30. The molecule has 3 heteroatoms. The zero-order chi connectivity index (χ0) is 9.42. The van der Waals surface area contributed by atoms with Gasteiger partial charge in [-0.05, 0) is 26.7 Å². The topological polar surface area (TPSA) is 32.3 Å². The summed E-state index contributed by atoms with van der Waals surface area (Å²) in [5, 5.41) is 2.98. The second-order valence-electron chi connectivity index (χ2n) is 4.43. The van der Waals surface area contributed by atoms with E-state index in [1.165, 1.54) is 12.8 Å². The first-order valence-electron chi connectivity index (χ1n) is 5.22. The second kappa shape index (κ2) is 3.29. The lowest BCUT2D eigenvalue weighted by atomic mass is 10.1. The molecule has 0 aromatic heterocycles. The molecule has 13 heavy (non-hydrogen) atoms. The Kier molecular flexibility index (Phi) is 2.28. The number of nitrogens with zero attached hydrogens (tertiary/aromatic N) is 1. The molecule has 2 aliphatic rings. The normalized spacial score (nSPS) is 34.8. The van der Waals surface area contributed by atoms with Crippen LogP contribution in [0.2, 0.25) is 0 Å². The standard InChI is InChI=1S/C10H18N2O/c1-7(2)12-8-3-4-9(12)6-11-10(13)5-8/h7-9H,3-6H2,1-2H3,(H,11,13)/t8-,9-/m0/s1. The van der Waals surface area contributed by atoms with Crippen molar-refractivity contribution < 1.29 is 4.79 Å². The summed E-state index contributed by atoms with van der Waals surface area (Å²) >= 11 is 0. The molecule has 2 aliphatic heterocycles. The Hall–Kier alpha value is -0.570. The van der Waals surface area contributed by atoms with Crippen LogP contribution in [0, 0.1) is 0 Å². The zero-order valence-electron chi connectivity index (χ0n) is 8.42. The number of rotatable bonds is 1. The highest BCUT2D eigenvalue weighted by molar-refractivity contribution is 5.77. The van der Waals surface area contributed by atoms with E-state index in [4.69, 9.17) is 0 Å². The summed E-state index contributed by atoms with van der Waals surface area (Å²) in [6, 6.07) is 1.68. The van der Waals surface area contributed by atoms with Crippen LogP contribution in [0.25, 0.3) is 0 Å². The molecule has 2 heterocycles. The first-order valence-corrected chi connectivity index (χ1v) is 5.22. The maximum absolute atomic E-state index is 11.3. The minimum atomic E-state index is 0.234. The highest BCUT2D eigenvalue weighted by atomic mass is 16.1. The molecule has 74 valence electrons. The first-order chi connectivity index (χ1) is 6.18. The van der Waals surface area contributed by atoms with Crippen LogP contribution >= 0.6 is 0 Å². The van der Waals surface area contributed by atoms with Crippen molar-refractivity contribution in [3.8, 4) is 0 Å². The van der Waals surface area contributed by atoms with Gasteiger partial charge in [-0.3, -0.25) is 9.69 Å². The van der Waals surface area contributed by atoms with Crippen LogP contribution in [0.5, 0.6) is 0 Å². The molecule has 0 saturated carbocycles. The van der Waals surface area contributed by atoms with Crippen molar-refractivity contribution >= 4 is 5.91 Å². The van der Waals surface area contributed by atoms with Crippen LogP contribution in [0.1, 0.15) is 33.1 Å². The van der Waals surface area contributed by atoms with E-state index >= 15 is 0 Å². The van der Waals surface area contributed by atoms with Crippen LogP contribution < -0.4 is 5.32 Å². The van der Waals surface area contributed by atoms with E-state index < -0.39 is 0 Å². The molecule has 0 aliphatic carbocycles. The van der Waals surface area contributed by atoms with Gasteiger partial charge in [0.1, 0.15) is 0 Å². The molecule has 3 nitrogen and oxygen atoms in total. The Morgan fingerprint density at radius 3 is 2.77 bits per heavy atom. The summed E-state index contributed by atoms with van der Waals surface area (Å²) in [4.78, 5) is 13.8. The molecule has 0 aromatic carbocycles. The summed E-state index contributed by atoms with van der Waals surface area (Å²) in [7, 11) is 0. The van der Waals surface area contributed by atoms with Gasteiger partial charge < -0.3 is 5.32 Å². The van der Waals surface area contributed by atoms with Gasteiger partial charge in [-0.1, -0.05) is 0 Å². The summed E-state index contributed by atoms with van der Waals surface area (Å²) < 4.78 is 0. The molecule has 2 atom stereocenters. The van der Waals surface area contributed by atoms with Gasteiger partial charge in [0.2, 0.25) is 5.91 Å². The minimum absolute atomic E-state index is 0.234. The fraction of sp³-hybridized carbons (Fsp3) is 0.900. The number of carbonyl (C=O) groups is 1. The Labute approximate surface area is 79.5 Å². The molecule has 0 spiro atoms. The Bertz CT molecular complexity index is 215. The maximum atomic E-state index is 11.3. The van der Waals surface area contributed by atoms with Crippen molar-refractivity contribution in [2.24, 2.45) is 0 Å². The number of hydrogen-bond acceptors (Lipinski definition) is 2. The predicted molar refractivity (Wildman–Crippen MR) is 51.4 cm³/mol. The molecule has 0 aromatic rings. The molecule has 2 fully saturated rings. The zero-order valence-corrected chi connectivity index (χ0v) is 8.42. The average molecular weight is 182 g/mol. The van der Waals surface area contributed by atoms with Crippen molar-refractivity contribution in [1.29, 1.82) is 0 Å². The van der Waals surface area contributed by atoms with E-state index in [0.717, 1.165) is 6.54 Å². The summed E-state index contributed by atoms with van der Waals surface area (Å²) in [5.74, 6) is 0.234. The molecule has 2 bridgehead atoms. The van der Waals surface area contributed by atoms with Gasteiger partial charge in [0, 0.05) is 31.1 Å². The smallest absolute Gasteiger partial charge is 0.221 e. The van der Waals surface area contributed by atoms with Crippen molar-refractivity contribution in [3.63, 3.8) is 0 Å². The number of hydrogen-bond donors (Lipinski definition) is 1. The molecule has 0 unspecified atom stereocenters. The third-order valence-corrected chi connectivity index (χ3v) is 3.23. The van der Waals surface area contributed by atoms with Gasteiger partial charge in [0.15, 0.2) is 0 Å². The van der Waals surface area contributed by atoms with E-state index in [0.29, 0.717) is 24.5 Å². The van der Waals surface area contributed by atoms with E-state index in [2.05, 4.69) is 24.1 Å². The van der Waals surface area contributed by atoms with E-state index in [-0.39, 0.29) is 5.91 Å². The quantitative estimate of drug-likeness (QED) is 0.649. The largest absolute Gasteiger partial charge is 0.354 e. The summed E-state index contributed by atoms with van der Waals surface area (Å²) in [5.41, 5.74) is 0. The number of amides is 1. The molecule has 0 radical (unpaired) electrons. The Morgan fingerprint density at radius 2 is 2.08 bits per heavy atom. The molecule has 2 rings (SSSR count). The third-order valence-electron chi connectivity index (χ3n) is 3.23. The van der Waals surface area contributed by atoms with Crippen molar-refractivity contribution in [2.45, 2.75) is 51.2 Å². The summed E-state index contributed by atoms with van der Waals surface area (Å²) in [6.07, 6.45) is 3.16. The van der Waals surface area contributed by atoms with E-state index in [1.54, 1.807) is 0 Å². The van der Waals surface area contributed by atoms with Crippen LogP contribution in [-0.2, 0) is 4.79 Å². The number of carbonyl (C=O) groups excluding carboxylic acids is 1. The first kappa shape index (κ1) is 9.00. The fourth-order valence-electron chi connectivity index (χ4n) is 2.76. The molecule has 1 N–H and O–H groups in total. The van der Waals surface area contributed by atoms with Gasteiger partial charge in [0.25, 0.3) is 0 Å². The second-order valence-corrected chi connectivity index (χ2v) is 4.43. The lowest BCUT2D eigenvalue weighted by Gasteiger charge is -2.30. The van der Waals surface area contributed by atoms with Crippen molar-refractivity contribution in [3.05, 3.63) is 0 Å². The number of nitrogens with one attached hydrogen (secondary N) is 1. The third kappa shape index (κ3) is 1.57. The Balaban J connectivity index is 2.15. The highest BCUT2D eigenvalue weighted by Crippen LogP contribution is 2.29. The fourth-order valence-corrected chi connectivity index (χ4v) is 2.76. The minimum Gasteiger partial charge on any atom is -0.354 e. The van der Waals surface area contributed by atoms with Crippen molar-refractivity contribution in [2.75, 3.05) is 6.54 Å². The van der Waals surface area contributed by atoms with Crippen molar-refractivity contribution in [1.82, 2.24) is 10.2 Å². The lowest BCUT2D eigenvalue weighted by Crippen LogP contribution is -2.42. The van der Waals surface area contributed by atoms with E-state index in [1.807, 2.05) is 0 Å². The molecular formula is C10H18N2O. The maximum Gasteiger partial charge on any atom is 0.221 e. The molecule has 2 saturated heterocycles. The molecule has 1 amide bonds.